The number of anilines is 1. The van der Waals surface area contributed by atoms with Crippen LogP contribution in [0.3, 0.4) is 0 Å². The van der Waals surface area contributed by atoms with Crippen molar-refractivity contribution in [3.05, 3.63) is 28.6 Å². The number of nitrogen functional groups attached to an aromatic ring is 1. The van der Waals surface area contributed by atoms with E-state index in [1.807, 2.05) is 6.92 Å². The van der Waals surface area contributed by atoms with E-state index in [4.69, 9.17) is 10.8 Å². The molecule has 0 amide bonds. The van der Waals surface area contributed by atoms with Crippen molar-refractivity contribution in [3.8, 4) is 0 Å². The van der Waals surface area contributed by atoms with Crippen molar-refractivity contribution in [1.29, 1.82) is 0 Å². The zero-order valence-corrected chi connectivity index (χ0v) is 10.1. The summed E-state index contributed by atoms with van der Waals surface area (Å²) in [6.45, 7) is 1.89. The van der Waals surface area contributed by atoms with Crippen LogP contribution in [0.1, 0.15) is 6.92 Å². The van der Waals surface area contributed by atoms with Gasteiger partial charge in [0.15, 0.2) is 5.16 Å². The maximum atomic E-state index is 11.8. The fourth-order valence-corrected chi connectivity index (χ4v) is 2.18. The first-order valence-electron chi connectivity index (χ1n) is 5.17. The second-order valence-electron chi connectivity index (χ2n) is 3.76. The number of nitrogens with two attached hydrogens (primary N) is 1. The van der Waals surface area contributed by atoms with E-state index in [0.29, 0.717) is 21.7 Å². The van der Waals surface area contributed by atoms with Gasteiger partial charge in [-0.05, 0) is 18.2 Å². The Morgan fingerprint density at radius 3 is 3.06 bits per heavy atom. The molecule has 17 heavy (non-hydrogen) atoms. The number of nitrogens with zero attached hydrogens (tertiary/aromatic N) is 1. The van der Waals surface area contributed by atoms with Crippen molar-refractivity contribution in [2.45, 2.75) is 17.3 Å². The van der Waals surface area contributed by atoms with Crippen LogP contribution in [0.15, 0.2) is 28.2 Å². The molecule has 2 rings (SSSR count). The Hall–Kier alpha value is -1.53. The molecule has 0 spiro atoms. The van der Waals surface area contributed by atoms with Crippen LogP contribution >= 0.6 is 11.8 Å². The molecule has 0 aliphatic rings. The fourth-order valence-electron chi connectivity index (χ4n) is 1.42. The number of H-pyrrole nitrogens is 1. The maximum Gasteiger partial charge on any atom is 0.259 e. The molecule has 0 radical (unpaired) electrons. The number of benzene rings is 1. The van der Waals surface area contributed by atoms with Crippen LogP contribution in [-0.2, 0) is 0 Å². The molecular formula is C11H13N3O2S. The Kier molecular flexibility index (Phi) is 3.35. The Balaban J connectivity index is 2.49. The molecule has 1 atom stereocenters. The lowest BCUT2D eigenvalue weighted by atomic mass is 10.2. The summed E-state index contributed by atoms with van der Waals surface area (Å²) in [5.41, 5.74) is 6.54. The minimum Gasteiger partial charge on any atom is -0.399 e. The Bertz CT molecular complexity index is 597. The smallest absolute Gasteiger partial charge is 0.259 e. The highest BCUT2D eigenvalue weighted by Gasteiger charge is 2.08. The van der Waals surface area contributed by atoms with Crippen LogP contribution in [0.25, 0.3) is 10.9 Å². The second-order valence-corrected chi connectivity index (χ2v) is 5.19. The minimum absolute atomic E-state index is 0.00983. The van der Waals surface area contributed by atoms with Crippen LogP contribution < -0.4 is 11.3 Å². The van der Waals surface area contributed by atoms with Crippen molar-refractivity contribution in [1.82, 2.24) is 9.97 Å². The van der Waals surface area contributed by atoms with Gasteiger partial charge in [0.05, 0.1) is 17.5 Å². The molecule has 1 unspecified atom stereocenters. The molecule has 5 nitrogen and oxygen atoms in total. The Morgan fingerprint density at radius 2 is 2.35 bits per heavy atom. The number of fused-ring (bicyclic) bond motifs is 1. The lowest BCUT2D eigenvalue weighted by Crippen LogP contribution is -2.11. The minimum atomic E-state index is -0.213. The molecule has 0 saturated heterocycles. The van der Waals surface area contributed by atoms with Crippen LogP contribution in [0, 0.1) is 0 Å². The molecule has 0 aliphatic heterocycles. The van der Waals surface area contributed by atoms with E-state index in [-0.39, 0.29) is 17.4 Å². The zero-order valence-electron chi connectivity index (χ0n) is 9.30. The Labute approximate surface area is 102 Å². The average molecular weight is 251 g/mol. The zero-order chi connectivity index (χ0) is 12.4. The van der Waals surface area contributed by atoms with Gasteiger partial charge in [0, 0.05) is 10.9 Å². The molecule has 1 heterocycles. The van der Waals surface area contributed by atoms with Crippen molar-refractivity contribution in [2.75, 3.05) is 12.3 Å². The number of aromatic amines is 1. The van der Waals surface area contributed by atoms with E-state index in [0.717, 1.165) is 0 Å². The van der Waals surface area contributed by atoms with E-state index in [1.54, 1.807) is 18.2 Å². The lowest BCUT2D eigenvalue weighted by molar-refractivity contribution is 0.300. The van der Waals surface area contributed by atoms with E-state index >= 15 is 0 Å². The van der Waals surface area contributed by atoms with Gasteiger partial charge in [-0.2, -0.15) is 0 Å². The van der Waals surface area contributed by atoms with Gasteiger partial charge in [-0.15, -0.1) is 0 Å². The van der Waals surface area contributed by atoms with Gasteiger partial charge in [0.1, 0.15) is 0 Å². The summed E-state index contributed by atoms with van der Waals surface area (Å²) in [5.74, 6) is 0. The highest BCUT2D eigenvalue weighted by molar-refractivity contribution is 7.99. The van der Waals surface area contributed by atoms with Crippen LogP contribution in [0.2, 0.25) is 0 Å². The normalized spacial score (nSPS) is 12.8. The number of rotatable bonds is 3. The van der Waals surface area contributed by atoms with E-state index in [9.17, 15) is 4.79 Å². The molecule has 1 aromatic carbocycles. The summed E-state index contributed by atoms with van der Waals surface area (Å²) < 4.78 is 0. The molecule has 90 valence electrons. The molecule has 0 bridgehead atoms. The van der Waals surface area contributed by atoms with Gasteiger partial charge < -0.3 is 15.8 Å². The number of nitrogens with one attached hydrogen (secondary N) is 1. The number of hydrogen-bond donors (Lipinski definition) is 3. The van der Waals surface area contributed by atoms with Gasteiger partial charge in [0.2, 0.25) is 0 Å². The molecule has 6 heteroatoms. The van der Waals surface area contributed by atoms with Gasteiger partial charge in [-0.3, -0.25) is 4.79 Å². The van der Waals surface area contributed by atoms with E-state index < -0.39 is 0 Å². The van der Waals surface area contributed by atoms with E-state index in [2.05, 4.69) is 9.97 Å². The highest BCUT2D eigenvalue weighted by atomic mass is 32.2. The highest BCUT2D eigenvalue weighted by Crippen LogP contribution is 2.20. The number of aliphatic hydroxyl groups is 1. The predicted molar refractivity (Wildman–Crippen MR) is 69.2 cm³/mol. The topological polar surface area (TPSA) is 92.0 Å². The van der Waals surface area contributed by atoms with Crippen molar-refractivity contribution >= 4 is 28.4 Å². The monoisotopic (exact) mass is 251 g/mol. The summed E-state index contributed by atoms with van der Waals surface area (Å²) in [7, 11) is 0. The first-order chi connectivity index (χ1) is 8.10. The molecule has 4 N–H and O–H groups in total. The predicted octanol–water partition coefficient (Wildman–Crippen LogP) is 0.978. The van der Waals surface area contributed by atoms with Crippen molar-refractivity contribution < 1.29 is 5.11 Å². The average Bonchev–Trinajstić information content (AvgIpc) is 2.30. The van der Waals surface area contributed by atoms with Gasteiger partial charge in [-0.1, -0.05) is 18.7 Å². The Morgan fingerprint density at radius 1 is 1.59 bits per heavy atom. The van der Waals surface area contributed by atoms with Crippen molar-refractivity contribution in [3.63, 3.8) is 0 Å². The molecule has 0 fully saturated rings. The SMILES string of the molecule is CC(CO)Sc1nc2ccc(N)cc2c(=O)[nH]1. The summed E-state index contributed by atoms with van der Waals surface area (Å²) in [4.78, 5) is 18.8. The van der Waals surface area contributed by atoms with E-state index in [1.165, 1.54) is 11.8 Å². The van der Waals surface area contributed by atoms with Gasteiger partial charge in [-0.25, -0.2) is 4.98 Å². The first-order valence-corrected chi connectivity index (χ1v) is 6.05. The number of thioether (sulfide) groups is 1. The summed E-state index contributed by atoms with van der Waals surface area (Å²) in [6.07, 6.45) is 0. The molecular weight excluding hydrogens is 238 g/mol. The summed E-state index contributed by atoms with van der Waals surface area (Å²) in [6, 6.07) is 5.03. The number of hydrogen-bond acceptors (Lipinski definition) is 5. The summed E-state index contributed by atoms with van der Waals surface area (Å²) >= 11 is 1.33. The first kappa shape index (κ1) is 11.9. The van der Waals surface area contributed by atoms with Crippen molar-refractivity contribution in [2.24, 2.45) is 0 Å². The standard InChI is InChI=1S/C11H13N3O2S/c1-6(5-15)17-11-13-9-3-2-7(12)4-8(9)10(16)14-11/h2-4,6,15H,5,12H2,1H3,(H,13,14,16). The third-order valence-electron chi connectivity index (χ3n) is 2.28. The van der Waals surface area contributed by atoms with Crippen LogP contribution in [0.5, 0.6) is 0 Å². The fraction of sp³-hybridized carbons (Fsp3) is 0.273. The molecule has 0 saturated carbocycles. The largest absolute Gasteiger partial charge is 0.399 e. The third-order valence-corrected chi connectivity index (χ3v) is 3.25. The molecule has 2 aromatic rings. The molecule has 0 aliphatic carbocycles. The molecule has 1 aromatic heterocycles. The quantitative estimate of drug-likeness (QED) is 0.429. The van der Waals surface area contributed by atoms with Gasteiger partial charge >= 0.3 is 0 Å². The van der Waals surface area contributed by atoms with Gasteiger partial charge in [0.25, 0.3) is 5.56 Å². The second kappa shape index (κ2) is 4.77. The lowest BCUT2D eigenvalue weighted by Gasteiger charge is -2.07. The van der Waals surface area contributed by atoms with Crippen LogP contribution in [-0.4, -0.2) is 26.9 Å². The number of aliphatic hydroxyl groups excluding tert-OH is 1. The maximum absolute atomic E-state index is 11.8. The number of aromatic nitrogens is 2. The van der Waals surface area contributed by atoms with Crippen LogP contribution in [0.4, 0.5) is 5.69 Å². The third kappa shape index (κ3) is 2.59. The summed E-state index contributed by atoms with van der Waals surface area (Å²) in [5, 5.41) is 9.93.